The van der Waals surface area contributed by atoms with Crippen molar-refractivity contribution in [2.45, 2.75) is 44.6 Å². The van der Waals surface area contributed by atoms with E-state index in [9.17, 15) is 0 Å². The van der Waals surface area contributed by atoms with Gasteiger partial charge >= 0.3 is 0 Å². The highest BCUT2D eigenvalue weighted by Crippen LogP contribution is 2.26. The second kappa shape index (κ2) is 4.97. The third-order valence-corrected chi connectivity index (χ3v) is 3.33. The first-order valence-electron chi connectivity index (χ1n) is 5.71. The molecule has 0 spiro atoms. The van der Waals surface area contributed by atoms with Gasteiger partial charge in [-0.1, -0.05) is 25.7 Å². The fourth-order valence-electron chi connectivity index (χ4n) is 2.52. The Bertz CT molecular complexity index is 135. The summed E-state index contributed by atoms with van der Waals surface area (Å²) in [6.45, 7) is 2.68. The Balaban J connectivity index is 1.82. The van der Waals surface area contributed by atoms with E-state index in [1.54, 1.807) is 0 Å². The Morgan fingerprint density at radius 2 is 1.77 bits per heavy atom. The van der Waals surface area contributed by atoms with Crippen molar-refractivity contribution in [3.8, 4) is 0 Å². The molecule has 1 saturated heterocycles. The highest BCUT2D eigenvalue weighted by atomic mass is 16.5. The molecule has 2 rings (SSSR count). The van der Waals surface area contributed by atoms with Crippen LogP contribution < -0.4 is 5.32 Å². The Morgan fingerprint density at radius 3 is 2.38 bits per heavy atom. The summed E-state index contributed by atoms with van der Waals surface area (Å²) in [4.78, 5) is 0. The molecule has 1 aliphatic heterocycles. The van der Waals surface area contributed by atoms with Crippen LogP contribution >= 0.6 is 0 Å². The van der Waals surface area contributed by atoms with Gasteiger partial charge in [0.2, 0.25) is 0 Å². The molecule has 0 aromatic carbocycles. The lowest BCUT2D eigenvalue weighted by atomic mass is 9.92. The molecular formula is C11H20NO. The van der Waals surface area contributed by atoms with Crippen molar-refractivity contribution in [1.29, 1.82) is 0 Å². The molecular weight excluding hydrogens is 162 g/mol. The number of ether oxygens (including phenoxy) is 1. The summed E-state index contributed by atoms with van der Waals surface area (Å²) in [5.74, 6) is 0.836. The molecule has 1 saturated carbocycles. The molecule has 0 bridgehead atoms. The number of hydrogen-bond acceptors (Lipinski definition) is 1. The Morgan fingerprint density at radius 1 is 1.00 bits per heavy atom. The Kier molecular flexibility index (Phi) is 3.62. The molecule has 0 aromatic rings. The van der Waals surface area contributed by atoms with E-state index in [0.717, 1.165) is 25.7 Å². The molecule has 1 aliphatic carbocycles. The maximum Gasteiger partial charge on any atom is 0.0639 e. The predicted molar refractivity (Wildman–Crippen MR) is 52.8 cm³/mol. The maximum atomic E-state index is 5.48. The van der Waals surface area contributed by atoms with E-state index < -0.39 is 0 Å². The zero-order valence-electron chi connectivity index (χ0n) is 8.37. The third-order valence-electron chi connectivity index (χ3n) is 3.33. The van der Waals surface area contributed by atoms with Gasteiger partial charge in [0.05, 0.1) is 19.3 Å². The van der Waals surface area contributed by atoms with Crippen LogP contribution in [-0.2, 0) is 4.74 Å². The van der Waals surface area contributed by atoms with Crippen molar-refractivity contribution in [2.24, 2.45) is 5.92 Å². The summed E-state index contributed by atoms with van der Waals surface area (Å²) in [6, 6.07) is 0.534. The summed E-state index contributed by atoms with van der Waals surface area (Å²) in [5.41, 5.74) is 0. The first-order valence-corrected chi connectivity index (χ1v) is 5.71. The Labute approximate surface area is 81.0 Å². The number of nitrogens with zero attached hydrogens (tertiary/aromatic N) is 1. The van der Waals surface area contributed by atoms with E-state index >= 15 is 0 Å². The van der Waals surface area contributed by atoms with Crippen LogP contribution in [0.3, 0.4) is 0 Å². The highest BCUT2D eigenvalue weighted by molar-refractivity contribution is 4.79. The molecule has 2 heteroatoms. The van der Waals surface area contributed by atoms with Crippen LogP contribution in [0, 0.1) is 5.92 Å². The molecule has 0 amide bonds. The topological polar surface area (TPSA) is 23.3 Å². The molecule has 1 radical (unpaired) electrons. The molecule has 75 valence electrons. The second-order valence-electron chi connectivity index (χ2n) is 4.30. The van der Waals surface area contributed by atoms with E-state index in [0.29, 0.717) is 6.04 Å². The zero-order chi connectivity index (χ0) is 8.93. The molecule has 2 fully saturated rings. The van der Waals surface area contributed by atoms with Crippen molar-refractivity contribution in [1.82, 2.24) is 5.32 Å². The van der Waals surface area contributed by atoms with Gasteiger partial charge in [-0.25, -0.2) is 5.32 Å². The minimum absolute atomic E-state index is 0.534. The van der Waals surface area contributed by atoms with Gasteiger partial charge in [0.15, 0.2) is 0 Å². The quantitative estimate of drug-likeness (QED) is 0.569. The average Bonchev–Trinajstić information content (AvgIpc) is 2.47. The number of hydrogen-bond donors (Lipinski definition) is 0. The zero-order valence-corrected chi connectivity index (χ0v) is 8.37. The van der Waals surface area contributed by atoms with Gasteiger partial charge < -0.3 is 4.74 Å². The van der Waals surface area contributed by atoms with Gasteiger partial charge in [-0.05, 0) is 18.8 Å². The van der Waals surface area contributed by atoms with Crippen molar-refractivity contribution < 1.29 is 4.74 Å². The standard InChI is InChI=1S/C11H20NO/c1-2-4-6-10(5-3-1)11-9-13-8-7-12-11/h10-11H,1-9H2. The van der Waals surface area contributed by atoms with Crippen LogP contribution in [-0.4, -0.2) is 25.8 Å². The maximum absolute atomic E-state index is 5.48. The van der Waals surface area contributed by atoms with Crippen molar-refractivity contribution >= 4 is 0 Å². The lowest BCUT2D eigenvalue weighted by Crippen LogP contribution is -2.41. The largest absolute Gasteiger partial charge is 0.378 e. The van der Waals surface area contributed by atoms with Gasteiger partial charge in [0.25, 0.3) is 0 Å². The monoisotopic (exact) mass is 182 g/mol. The van der Waals surface area contributed by atoms with E-state index in [-0.39, 0.29) is 0 Å². The van der Waals surface area contributed by atoms with Crippen LogP contribution in [0.15, 0.2) is 0 Å². The van der Waals surface area contributed by atoms with Crippen molar-refractivity contribution in [3.63, 3.8) is 0 Å². The number of morpholine rings is 1. The summed E-state index contributed by atoms with van der Waals surface area (Å²) in [7, 11) is 0. The van der Waals surface area contributed by atoms with Gasteiger partial charge in [-0.2, -0.15) is 0 Å². The van der Waals surface area contributed by atoms with Gasteiger partial charge in [-0.3, -0.25) is 0 Å². The molecule has 0 aromatic heterocycles. The summed E-state index contributed by atoms with van der Waals surface area (Å²) in [5, 5.41) is 4.67. The third kappa shape index (κ3) is 2.68. The predicted octanol–water partition coefficient (Wildman–Crippen LogP) is 1.96. The van der Waals surface area contributed by atoms with Crippen LogP contribution in [0.4, 0.5) is 0 Å². The van der Waals surface area contributed by atoms with Crippen LogP contribution in [0.5, 0.6) is 0 Å². The van der Waals surface area contributed by atoms with Crippen LogP contribution in [0.1, 0.15) is 38.5 Å². The van der Waals surface area contributed by atoms with E-state index in [1.807, 2.05) is 0 Å². The first-order chi connectivity index (χ1) is 6.47. The van der Waals surface area contributed by atoms with Crippen LogP contribution in [0.25, 0.3) is 0 Å². The van der Waals surface area contributed by atoms with E-state index in [4.69, 9.17) is 4.74 Å². The van der Waals surface area contributed by atoms with Crippen molar-refractivity contribution in [3.05, 3.63) is 0 Å². The molecule has 1 heterocycles. The minimum atomic E-state index is 0.534. The molecule has 2 nitrogen and oxygen atoms in total. The normalized spacial score (nSPS) is 32.8. The average molecular weight is 182 g/mol. The molecule has 2 aliphatic rings. The fraction of sp³-hybridized carbons (Fsp3) is 1.00. The molecule has 13 heavy (non-hydrogen) atoms. The Hall–Kier alpha value is -0.0800. The second-order valence-corrected chi connectivity index (χ2v) is 4.30. The SMILES string of the molecule is C1CCCC(C2COCC[N]2)CC1. The summed E-state index contributed by atoms with van der Waals surface area (Å²) in [6.07, 6.45) is 8.47. The fourth-order valence-corrected chi connectivity index (χ4v) is 2.52. The van der Waals surface area contributed by atoms with Gasteiger partial charge in [0, 0.05) is 6.54 Å². The van der Waals surface area contributed by atoms with Crippen LogP contribution in [0.2, 0.25) is 0 Å². The highest BCUT2D eigenvalue weighted by Gasteiger charge is 2.25. The minimum Gasteiger partial charge on any atom is -0.378 e. The summed E-state index contributed by atoms with van der Waals surface area (Å²) >= 11 is 0. The van der Waals surface area contributed by atoms with E-state index in [1.165, 1.54) is 38.5 Å². The smallest absolute Gasteiger partial charge is 0.0639 e. The molecule has 1 unspecified atom stereocenters. The lowest BCUT2D eigenvalue weighted by Gasteiger charge is -2.29. The lowest BCUT2D eigenvalue weighted by molar-refractivity contribution is 0.0510. The molecule has 0 N–H and O–H groups in total. The van der Waals surface area contributed by atoms with Crippen molar-refractivity contribution in [2.75, 3.05) is 19.8 Å². The summed E-state index contributed by atoms with van der Waals surface area (Å²) < 4.78 is 5.48. The van der Waals surface area contributed by atoms with Gasteiger partial charge in [0.1, 0.15) is 0 Å². The number of rotatable bonds is 1. The first kappa shape index (κ1) is 9.47. The molecule has 1 atom stereocenters. The van der Waals surface area contributed by atoms with Gasteiger partial charge in [-0.15, -0.1) is 0 Å². The van der Waals surface area contributed by atoms with E-state index in [2.05, 4.69) is 5.32 Å².